The van der Waals surface area contributed by atoms with E-state index in [-0.39, 0.29) is 11.2 Å². The highest BCUT2D eigenvalue weighted by molar-refractivity contribution is 5.95. The van der Waals surface area contributed by atoms with Crippen molar-refractivity contribution < 1.29 is 0 Å². The van der Waals surface area contributed by atoms with Crippen LogP contribution in [0.2, 0.25) is 0 Å². The maximum Gasteiger partial charge on any atom is 0.330 e. The Bertz CT molecular complexity index is 928. The summed E-state index contributed by atoms with van der Waals surface area (Å²) in [5.74, 6) is 0. The Balaban J connectivity index is 2.44. The van der Waals surface area contributed by atoms with Crippen molar-refractivity contribution in [3.05, 3.63) is 57.4 Å². The van der Waals surface area contributed by atoms with Crippen LogP contribution in [-0.4, -0.2) is 13.7 Å². The van der Waals surface area contributed by atoms with Crippen LogP contribution in [0.15, 0.2) is 46.1 Å². The highest BCUT2D eigenvalue weighted by Gasteiger charge is 2.13. The van der Waals surface area contributed by atoms with E-state index < -0.39 is 0 Å². The van der Waals surface area contributed by atoms with Crippen molar-refractivity contribution >= 4 is 10.9 Å². The van der Waals surface area contributed by atoms with Gasteiger partial charge in [-0.05, 0) is 6.07 Å². The molecule has 3 rings (SSSR count). The van der Waals surface area contributed by atoms with Crippen molar-refractivity contribution in [2.45, 2.75) is 0 Å². The van der Waals surface area contributed by atoms with Crippen molar-refractivity contribution in [1.82, 2.24) is 13.7 Å². The van der Waals surface area contributed by atoms with Crippen molar-refractivity contribution in [2.75, 3.05) is 0 Å². The lowest BCUT2D eigenvalue weighted by Crippen LogP contribution is -2.36. The first kappa shape index (κ1) is 12.5. The van der Waals surface area contributed by atoms with Gasteiger partial charge in [0.25, 0.3) is 5.56 Å². The highest BCUT2D eigenvalue weighted by Crippen LogP contribution is 2.28. The smallest absolute Gasteiger partial charge is 0.330 e. The van der Waals surface area contributed by atoms with Gasteiger partial charge in [-0.2, -0.15) is 0 Å². The maximum atomic E-state index is 12.0. The van der Waals surface area contributed by atoms with Gasteiger partial charge in [0.1, 0.15) is 0 Å². The van der Waals surface area contributed by atoms with E-state index in [0.29, 0.717) is 5.69 Å². The Hall–Kier alpha value is -2.56. The first-order chi connectivity index (χ1) is 9.50. The van der Waals surface area contributed by atoms with Gasteiger partial charge < -0.3 is 4.57 Å². The molecule has 3 aromatic rings. The summed E-state index contributed by atoms with van der Waals surface area (Å²) < 4.78 is 4.60. The van der Waals surface area contributed by atoms with E-state index in [0.717, 1.165) is 21.0 Å². The standard InChI is InChI=1S/C15H15N3O2/c1-16-9-11(10-6-4-5-7-12(10)16)13-8-14(19)18(3)15(20)17(13)2/h4-9H,1-3H3. The predicted octanol–water partition coefficient (Wildman–Crippen LogP) is 1.24. The van der Waals surface area contributed by atoms with E-state index in [1.165, 1.54) is 17.7 Å². The van der Waals surface area contributed by atoms with E-state index in [9.17, 15) is 9.59 Å². The Morgan fingerprint density at radius 3 is 2.40 bits per heavy atom. The number of hydrogen-bond donors (Lipinski definition) is 0. The van der Waals surface area contributed by atoms with Crippen LogP contribution in [0.25, 0.3) is 22.2 Å². The van der Waals surface area contributed by atoms with E-state index in [1.54, 1.807) is 7.05 Å². The summed E-state index contributed by atoms with van der Waals surface area (Å²) in [5.41, 5.74) is 1.97. The number of para-hydroxylation sites is 1. The van der Waals surface area contributed by atoms with Crippen LogP contribution in [0.1, 0.15) is 0 Å². The molecule has 0 amide bonds. The van der Waals surface area contributed by atoms with Crippen molar-refractivity contribution in [1.29, 1.82) is 0 Å². The lowest BCUT2D eigenvalue weighted by molar-refractivity contribution is 0.692. The zero-order chi connectivity index (χ0) is 14.4. The minimum absolute atomic E-state index is 0.295. The Kier molecular flexibility index (Phi) is 2.64. The third-order valence-corrected chi connectivity index (χ3v) is 3.70. The van der Waals surface area contributed by atoms with Gasteiger partial charge in [0, 0.05) is 49.9 Å². The molecule has 0 unspecified atom stereocenters. The summed E-state index contributed by atoms with van der Waals surface area (Å²) in [7, 11) is 5.11. The summed E-state index contributed by atoms with van der Waals surface area (Å²) in [6.07, 6.45) is 1.94. The molecule has 0 aliphatic carbocycles. The van der Waals surface area contributed by atoms with E-state index >= 15 is 0 Å². The minimum Gasteiger partial charge on any atom is -0.350 e. The summed E-state index contributed by atoms with van der Waals surface area (Å²) in [6.45, 7) is 0. The lowest BCUT2D eigenvalue weighted by atomic mass is 10.1. The minimum atomic E-state index is -0.319. The van der Waals surface area contributed by atoms with Gasteiger partial charge in [0.2, 0.25) is 0 Å². The topological polar surface area (TPSA) is 48.9 Å². The van der Waals surface area contributed by atoms with Gasteiger partial charge in [-0.3, -0.25) is 13.9 Å². The molecule has 0 aliphatic heterocycles. The molecular weight excluding hydrogens is 254 g/mol. The Morgan fingerprint density at radius 2 is 1.65 bits per heavy atom. The number of benzene rings is 1. The van der Waals surface area contributed by atoms with Crippen LogP contribution >= 0.6 is 0 Å². The van der Waals surface area contributed by atoms with Gasteiger partial charge in [-0.15, -0.1) is 0 Å². The fourth-order valence-corrected chi connectivity index (χ4v) is 2.54. The fourth-order valence-electron chi connectivity index (χ4n) is 2.54. The Labute approximate surface area is 115 Å². The Morgan fingerprint density at radius 1 is 0.950 bits per heavy atom. The number of rotatable bonds is 1. The number of nitrogens with zero attached hydrogens (tertiary/aromatic N) is 3. The molecule has 5 nitrogen and oxygen atoms in total. The number of fused-ring (bicyclic) bond motifs is 1. The van der Waals surface area contributed by atoms with E-state index in [4.69, 9.17) is 0 Å². The largest absolute Gasteiger partial charge is 0.350 e. The highest BCUT2D eigenvalue weighted by atomic mass is 16.2. The fraction of sp³-hybridized carbons (Fsp3) is 0.200. The average molecular weight is 269 g/mol. The molecule has 0 bridgehead atoms. The second kappa shape index (κ2) is 4.23. The molecule has 0 fully saturated rings. The third-order valence-electron chi connectivity index (χ3n) is 3.70. The third kappa shape index (κ3) is 1.63. The number of aromatic nitrogens is 3. The van der Waals surface area contributed by atoms with Gasteiger partial charge in [-0.1, -0.05) is 18.2 Å². The van der Waals surface area contributed by atoms with Gasteiger partial charge in [0.05, 0.1) is 5.69 Å². The first-order valence-corrected chi connectivity index (χ1v) is 6.32. The molecule has 0 saturated carbocycles. The lowest BCUT2D eigenvalue weighted by Gasteiger charge is -2.08. The van der Waals surface area contributed by atoms with Crippen LogP contribution in [0.4, 0.5) is 0 Å². The predicted molar refractivity (Wildman–Crippen MR) is 78.8 cm³/mol. The monoisotopic (exact) mass is 269 g/mol. The summed E-state index contributed by atoms with van der Waals surface area (Å²) in [6, 6.07) is 9.42. The molecule has 0 saturated heterocycles. The van der Waals surface area contributed by atoms with E-state index in [2.05, 4.69) is 0 Å². The van der Waals surface area contributed by atoms with Crippen LogP contribution in [0.5, 0.6) is 0 Å². The molecule has 2 aromatic heterocycles. The van der Waals surface area contributed by atoms with Crippen molar-refractivity contribution in [3.63, 3.8) is 0 Å². The first-order valence-electron chi connectivity index (χ1n) is 6.32. The molecular formula is C15H15N3O2. The van der Waals surface area contributed by atoms with Crippen molar-refractivity contribution in [3.8, 4) is 11.3 Å². The van der Waals surface area contributed by atoms with Gasteiger partial charge in [0.15, 0.2) is 0 Å². The van der Waals surface area contributed by atoms with Crippen molar-refractivity contribution in [2.24, 2.45) is 21.1 Å². The molecule has 0 atom stereocenters. The maximum absolute atomic E-state index is 12.0. The van der Waals surface area contributed by atoms with Gasteiger partial charge >= 0.3 is 5.69 Å². The molecule has 2 heterocycles. The zero-order valence-corrected chi connectivity index (χ0v) is 11.6. The van der Waals surface area contributed by atoms with E-state index in [1.807, 2.05) is 42.1 Å². The summed E-state index contributed by atoms with van der Waals surface area (Å²) in [4.78, 5) is 23.9. The molecule has 0 aliphatic rings. The molecule has 5 heteroatoms. The SMILES string of the molecule is Cn1c(-c2cn(C)c3ccccc23)cc(=O)n(C)c1=O. The molecule has 0 spiro atoms. The molecule has 1 aromatic carbocycles. The second-order valence-corrected chi connectivity index (χ2v) is 4.94. The normalized spacial score (nSPS) is 11.2. The van der Waals surface area contributed by atoms with Crippen LogP contribution in [0, 0.1) is 0 Å². The van der Waals surface area contributed by atoms with Crippen LogP contribution in [0.3, 0.4) is 0 Å². The number of hydrogen-bond acceptors (Lipinski definition) is 2. The number of aryl methyl sites for hydroxylation is 1. The quantitative estimate of drug-likeness (QED) is 0.667. The van der Waals surface area contributed by atoms with Crippen LogP contribution < -0.4 is 11.2 Å². The van der Waals surface area contributed by atoms with Crippen LogP contribution in [-0.2, 0) is 21.1 Å². The van der Waals surface area contributed by atoms with Gasteiger partial charge in [-0.25, -0.2) is 4.79 Å². The summed E-state index contributed by atoms with van der Waals surface area (Å²) in [5, 5.41) is 1.03. The molecule has 102 valence electrons. The molecule has 0 radical (unpaired) electrons. The average Bonchev–Trinajstić information content (AvgIpc) is 2.78. The zero-order valence-electron chi connectivity index (χ0n) is 11.6. The summed E-state index contributed by atoms with van der Waals surface area (Å²) >= 11 is 0. The second-order valence-electron chi connectivity index (χ2n) is 4.94. The molecule has 0 N–H and O–H groups in total. The molecule has 20 heavy (non-hydrogen) atoms.